The van der Waals surface area contributed by atoms with Gasteiger partial charge in [0.25, 0.3) is 5.69 Å². The van der Waals surface area contributed by atoms with Crippen LogP contribution in [0, 0.1) is 10.1 Å². The van der Waals surface area contributed by atoms with Gasteiger partial charge < -0.3 is 9.84 Å². The van der Waals surface area contributed by atoms with Crippen LogP contribution in [0.2, 0.25) is 0 Å². The third-order valence-corrected chi connectivity index (χ3v) is 2.91. The first-order valence-electron chi connectivity index (χ1n) is 5.53. The van der Waals surface area contributed by atoms with Crippen molar-refractivity contribution in [1.29, 1.82) is 0 Å². The van der Waals surface area contributed by atoms with E-state index in [4.69, 9.17) is 4.52 Å². The number of nitro benzene ring substituents is 1. The molecule has 7 heteroatoms. The number of hydrogen-bond donors (Lipinski definition) is 1. The van der Waals surface area contributed by atoms with Gasteiger partial charge in [-0.15, -0.1) is 0 Å². The van der Waals surface area contributed by atoms with E-state index in [0.29, 0.717) is 17.3 Å². The monoisotopic (exact) mass is 246 g/mol. The maximum absolute atomic E-state index is 10.5. The van der Waals surface area contributed by atoms with E-state index in [1.165, 1.54) is 12.1 Å². The van der Waals surface area contributed by atoms with E-state index in [-0.39, 0.29) is 11.6 Å². The highest BCUT2D eigenvalue weighted by molar-refractivity contribution is 5.56. The van der Waals surface area contributed by atoms with Gasteiger partial charge in [0.05, 0.1) is 10.8 Å². The molecule has 0 atom stereocenters. The second-order valence-corrected chi connectivity index (χ2v) is 4.12. The van der Waals surface area contributed by atoms with Crippen LogP contribution in [-0.4, -0.2) is 28.2 Å². The molecule has 1 N–H and O–H groups in total. The minimum Gasteiger partial charge on any atom is -0.339 e. The second kappa shape index (κ2) is 4.19. The standard InChI is InChI=1S/C11H10N4O3/c16-15(17)9-3-1-7(2-4-9)10-13-11(18-14-10)8-5-12-6-8/h1-4,8,12H,5-6H2. The lowest BCUT2D eigenvalue weighted by Gasteiger charge is -2.22. The topological polar surface area (TPSA) is 94.1 Å². The van der Waals surface area contributed by atoms with Gasteiger partial charge in [-0.1, -0.05) is 5.16 Å². The zero-order chi connectivity index (χ0) is 12.5. The Kier molecular flexibility index (Phi) is 2.52. The average Bonchev–Trinajstić information content (AvgIpc) is 2.76. The molecule has 1 fully saturated rings. The molecular formula is C11H10N4O3. The molecule has 0 saturated carbocycles. The van der Waals surface area contributed by atoms with Crippen molar-refractivity contribution in [2.45, 2.75) is 5.92 Å². The number of non-ortho nitro benzene ring substituents is 1. The summed E-state index contributed by atoms with van der Waals surface area (Å²) in [6.07, 6.45) is 0. The van der Waals surface area contributed by atoms with Crippen LogP contribution in [0.15, 0.2) is 28.8 Å². The fourth-order valence-corrected chi connectivity index (χ4v) is 1.71. The van der Waals surface area contributed by atoms with Gasteiger partial charge in [-0.25, -0.2) is 0 Å². The Balaban J connectivity index is 1.85. The molecule has 0 amide bonds. The quantitative estimate of drug-likeness (QED) is 0.648. The molecule has 1 saturated heterocycles. The minimum absolute atomic E-state index is 0.0469. The fourth-order valence-electron chi connectivity index (χ4n) is 1.71. The van der Waals surface area contributed by atoms with Crippen molar-refractivity contribution in [2.75, 3.05) is 13.1 Å². The third kappa shape index (κ3) is 1.84. The molecule has 0 bridgehead atoms. The summed E-state index contributed by atoms with van der Waals surface area (Å²) in [5.74, 6) is 1.36. The lowest BCUT2D eigenvalue weighted by Crippen LogP contribution is -2.40. The van der Waals surface area contributed by atoms with E-state index in [1.807, 2.05) is 0 Å². The Labute approximate surface area is 102 Å². The van der Waals surface area contributed by atoms with Gasteiger partial charge in [-0.2, -0.15) is 4.98 Å². The zero-order valence-corrected chi connectivity index (χ0v) is 9.37. The van der Waals surface area contributed by atoms with Crippen LogP contribution in [-0.2, 0) is 0 Å². The molecule has 0 unspecified atom stereocenters. The van der Waals surface area contributed by atoms with E-state index in [1.54, 1.807) is 12.1 Å². The molecule has 1 aromatic carbocycles. The summed E-state index contributed by atoms with van der Waals surface area (Å²) in [6.45, 7) is 1.70. The minimum atomic E-state index is -0.439. The van der Waals surface area contributed by atoms with Gasteiger partial charge in [-0.05, 0) is 12.1 Å². The number of aromatic nitrogens is 2. The molecule has 2 aromatic rings. The van der Waals surface area contributed by atoms with Crippen molar-refractivity contribution in [2.24, 2.45) is 0 Å². The molecule has 3 rings (SSSR count). The molecule has 0 aliphatic carbocycles. The van der Waals surface area contributed by atoms with Crippen LogP contribution >= 0.6 is 0 Å². The number of benzene rings is 1. The molecular weight excluding hydrogens is 236 g/mol. The fraction of sp³-hybridized carbons (Fsp3) is 0.273. The predicted octanol–water partition coefficient (Wildman–Crippen LogP) is 1.33. The number of rotatable bonds is 3. The van der Waals surface area contributed by atoms with Gasteiger partial charge in [0.1, 0.15) is 0 Å². The molecule has 0 spiro atoms. The van der Waals surface area contributed by atoms with Gasteiger partial charge in [0, 0.05) is 30.8 Å². The van der Waals surface area contributed by atoms with Crippen LogP contribution in [0.25, 0.3) is 11.4 Å². The van der Waals surface area contributed by atoms with Gasteiger partial charge >= 0.3 is 0 Å². The summed E-state index contributed by atoms with van der Waals surface area (Å²) in [4.78, 5) is 14.4. The second-order valence-electron chi connectivity index (χ2n) is 4.12. The predicted molar refractivity (Wildman–Crippen MR) is 62.0 cm³/mol. The SMILES string of the molecule is O=[N+]([O-])c1ccc(-c2noc(C3CNC3)n2)cc1. The Bertz CT molecular complexity index is 574. The first-order chi connectivity index (χ1) is 8.74. The van der Waals surface area contributed by atoms with E-state index in [2.05, 4.69) is 15.5 Å². The highest BCUT2D eigenvalue weighted by atomic mass is 16.6. The van der Waals surface area contributed by atoms with Crippen LogP contribution in [0.4, 0.5) is 5.69 Å². The van der Waals surface area contributed by atoms with Crippen LogP contribution in [0.5, 0.6) is 0 Å². The number of hydrogen-bond acceptors (Lipinski definition) is 6. The molecule has 7 nitrogen and oxygen atoms in total. The van der Waals surface area contributed by atoms with E-state index in [9.17, 15) is 10.1 Å². The van der Waals surface area contributed by atoms with Gasteiger partial charge in [0.2, 0.25) is 11.7 Å². The summed E-state index contributed by atoms with van der Waals surface area (Å²) in [5, 5.41) is 17.5. The number of nitrogens with one attached hydrogen (secondary N) is 1. The molecule has 2 heterocycles. The van der Waals surface area contributed by atoms with Crippen molar-refractivity contribution in [3.05, 3.63) is 40.3 Å². The third-order valence-electron chi connectivity index (χ3n) is 2.91. The summed E-state index contributed by atoms with van der Waals surface area (Å²) < 4.78 is 5.17. The average molecular weight is 246 g/mol. The molecule has 1 aliphatic heterocycles. The lowest BCUT2D eigenvalue weighted by atomic mass is 10.0. The Morgan fingerprint density at radius 2 is 2.06 bits per heavy atom. The normalized spacial score (nSPS) is 15.3. The van der Waals surface area contributed by atoms with E-state index >= 15 is 0 Å². The van der Waals surface area contributed by atoms with Gasteiger partial charge in [-0.3, -0.25) is 10.1 Å². The van der Waals surface area contributed by atoms with E-state index in [0.717, 1.165) is 13.1 Å². The summed E-state index contributed by atoms with van der Waals surface area (Å²) in [7, 11) is 0. The first kappa shape index (κ1) is 10.8. The first-order valence-corrected chi connectivity index (χ1v) is 5.53. The van der Waals surface area contributed by atoms with Crippen LogP contribution in [0.1, 0.15) is 11.8 Å². The zero-order valence-electron chi connectivity index (χ0n) is 9.37. The maximum Gasteiger partial charge on any atom is 0.269 e. The van der Waals surface area contributed by atoms with Crippen molar-refractivity contribution in [3.8, 4) is 11.4 Å². The highest BCUT2D eigenvalue weighted by Gasteiger charge is 2.25. The Morgan fingerprint density at radius 3 is 2.61 bits per heavy atom. The highest BCUT2D eigenvalue weighted by Crippen LogP contribution is 2.23. The lowest BCUT2D eigenvalue weighted by molar-refractivity contribution is -0.384. The molecule has 1 aliphatic rings. The van der Waals surface area contributed by atoms with Crippen molar-refractivity contribution < 1.29 is 9.45 Å². The Hall–Kier alpha value is -2.28. The van der Waals surface area contributed by atoms with Crippen molar-refractivity contribution in [3.63, 3.8) is 0 Å². The van der Waals surface area contributed by atoms with E-state index < -0.39 is 4.92 Å². The number of nitrogens with zero attached hydrogens (tertiary/aromatic N) is 3. The molecule has 0 radical (unpaired) electrons. The molecule has 18 heavy (non-hydrogen) atoms. The largest absolute Gasteiger partial charge is 0.339 e. The van der Waals surface area contributed by atoms with Crippen LogP contribution < -0.4 is 5.32 Å². The summed E-state index contributed by atoms with van der Waals surface area (Å²) >= 11 is 0. The smallest absolute Gasteiger partial charge is 0.269 e. The summed E-state index contributed by atoms with van der Waals surface area (Å²) in [5.41, 5.74) is 0.758. The Morgan fingerprint density at radius 1 is 1.33 bits per heavy atom. The van der Waals surface area contributed by atoms with Crippen molar-refractivity contribution in [1.82, 2.24) is 15.5 Å². The maximum atomic E-state index is 10.5. The van der Waals surface area contributed by atoms with Crippen molar-refractivity contribution >= 4 is 5.69 Å². The summed E-state index contributed by atoms with van der Waals surface area (Å²) in [6, 6.07) is 6.09. The van der Waals surface area contributed by atoms with Gasteiger partial charge in [0.15, 0.2) is 0 Å². The molecule has 92 valence electrons. The molecule has 1 aromatic heterocycles. The number of nitro groups is 1. The van der Waals surface area contributed by atoms with Crippen LogP contribution in [0.3, 0.4) is 0 Å².